The van der Waals surface area contributed by atoms with Gasteiger partial charge in [0.15, 0.2) is 0 Å². The average molecular weight is 476 g/mol. The van der Waals surface area contributed by atoms with Crippen LogP contribution in [0.1, 0.15) is 49.7 Å². The largest absolute Gasteiger partial charge is 0.478 e. The van der Waals surface area contributed by atoms with Crippen LogP contribution in [0.4, 0.5) is 9.59 Å². The number of nitrogens with zero attached hydrogens (tertiary/aromatic N) is 1. The van der Waals surface area contributed by atoms with E-state index in [-0.39, 0.29) is 5.41 Å². The highest BCUT2D eigenvalue weighted by Crippen LogP contribution is 2.62. The Bertz CT molecular complexity index is 1160. The molecule has 35 heavy (non-hydrogen) atoms. The maximum atomic E-state index is 12.5. The van der Waals surface area contributed by atoms with Gasteiger partial charge in [-0.05, 0) is 96.6 Å². The van der Waals surface area contributed by atoms with Crippen molar-refractivity contribution in [2.45, 2.75) is 43.9 Å². The number of carboxylic acid groups (broad SMARTS) is 2. The minimum Gasteiger partial charge on any atom is -0.478 e. The molecule has 4 fully saturated rings. The molecule has 0 heterocycles. The maximum Gasteiger partial charge on any atom is 0.424 e. The highest BCUT2D eigenvalue weighted by atomic mass is 16.6. The number of carbonyl (C=O) groups is 3. The van der Waals surface area contributed by atoms with Crippen LogP contribution in [0, 0.1) is 17.8 Å². The maximum absolute atomic E-state index is 12.5. The van der Waals surface area contributed by atoms with Crippen molar-refractivity contribution in [1.82, 2.24) is 4.90 Å². The molecule has 4 aliphatic rings. The highest BCUT2D eigenvalue weighted by Gasteiger charge is 2.52. The summed E-state index contributed by atoms with van der Waals surface area (Å²) in [7, 11) is 1.18. The van der Waals surface area contributed by atoms with E-state index in [0.29, 0.717) is 28.4 Å². The molecule has 7 nitrogen and oxygen atoms in total. The van der Waals surface area contributed by atoms with Crippen LogP contribution in [0.5, 0.6) is 5.75 Å². The second-order valence-electron chi connectivity index (χ2n) is 10.4. The molecule has 2 amide bonds. The number of carbonyl (C=O) groups excluding carboxylic acids is 1. The molecule has 4 bridgehead atoms. The van der Waals surface area contributed by atoms with Crippen LogP contribution >= 0.6 is 0 Å². The zero-order valence-electron chi connectivity index (χ0n) is 19.6. The van der Waals surface area contributed by atoms with Crippen molar-refractivity contribution >= 4 is 24.2 Å². The number of ether oxygens (including phenoxy) is 1. The zero-order chi connectivity index (χ0) is 24.7. The molecular formula is C28H29NO6. The predicted molar refractivity (Wildman–Crippen MR) is 130 cm³/mol. The first-order valence-corrected chi connectivity index (χ1v) is 12.1. The molecule has 0 saturated heterocycles. The summed E-state index contributed by atoms with van der Waals surface area (Å²) in [4.78, 5) is 35.1. The summed E-state index contributed by atoms with van der Waals surface area (Å²) < 4.78 is 5.66. The highest BCUT2D eigenvalue weighted by molar-refractivity contribution is 5.88. The zero-order valence-corrected chi connectivity index (χ0v) is 19.6. The van der Waals surface area contributed by atoms with Crippen LogP contribution in [0.15, 0.2) is 48.5 Å². The van der Waals surface area contributed by atoms with E-state index in [1.54, 1.807) is 12.1 Å². The van der Waals surface area contributed by atoms with Gasteiger partial charge >= 0.3 is 18.2 Å². The van der Waals surface area contributed by atoms with Crippen molar-refractivity contribution in [3.63, 3.8) is 0 Å². The summed E-state index contributed by atoms with van der Waals surface area (Å²) in [5.41, 5.74) is 3.68. The van der Waals surface area contributed by atoms with E-state index in [2.05, 4.69) is 6.07 Å². The Kier molecular flexibility index (Phi) is 5.87. The summed E-state index contributed by atoms with van der Waals surface area (Å²) in [5, 5.41) is 18.1. The second-order valence-corrected chi connectivity index (χ2v) is 10.4. The second kappa shape index (κ2) is 8.87. The molecule has 0 unspecified atom stereocenters. The SMILES string of the molecule is CN(C(=O)O)C(=O)Oc1ccc(-c2ccc(C=CC(=O)O)cc2)cc1C12CC3CC(CC(C3)C1)C2. The van der Waals surface area contributed by atoms with E-state index < -0.39 is 18.2 Å². The summed E-state index contributed by atoms with van der Waals surface area (Å²) in [5.74, 6) is 1.52. The lowest BCUT2D eigenvalue weighted by Crippen LogP contribution is -2.48. The Morgan fingerprint density at radius 2 is 1.49 bits per heavy atom. The molecule has 0 radical (unpaired) electrons. The van der Waals surface area contributed by atoms with Crippen LogP contribution in [0.25, 0.3) is 17.2 Å². The van der Waals surface area contributed by atoms with E-state index >= 15 is 0 Å². The van der Waals surface area contributed by atoms with Gasteiger partial charge in [-0.1, -0.05) is 30.3 Å². The van der Waals surface area contributed by atoms with E-state index in [4.69, 9.17) is 9.84 Å². The Labute approximate surface area is 204 Å². The average Bonchev–Trinajstić information content (AvgIpc) is 2.82. The van der Waals surface area contributed by atoms with Gasteiger partial charge in [0, 0.05) is 18.7 Å². The lowest BCUT2D eigenvalue weighted by molar-refractivity contribution is -0.131. The molecule has 0 atom stereocenters. The third-order valence-corrected chi connectivity index (χ3v) is 8.01. The number of hydrogen-bond donors (Lipinski definition) is 2. The normalized spacial score (nSPS) is 26.6. The molecule has 2 N–H and O–H groups in total. The van der Waals surface area contributed by atoms with E-state index in [0.717, 1.165) is 47.6 Å². The van der Waals surface area contributed by atoms with Gasteiger partial charge in [0.25, 0.3) is 0 Å². The number of rotatable bonds is 5. The molecule has 2 aromatic carbocycles. The molecule has 6 rings (SSSR count). The molecular weight excluding hydrogens is 446 g/mol. The Morgan fingerprint density at radius 3 is 2.03 bits per heavy atom. The Balaban J connectivity index is 1.52. The van der Waals surface area contributed by atoms with Gasteiger partial charge in [0.1, 0.15) is 5.75 Å². The Hall–Kier alpha value is -3.61. The van der Waals surface area contributed by atoms with Gasteiger partial charge in [0.2, 0.25) is 0 Å². The summed E-state index contributed by atoms with van der Waals surface area (Å²) in [6, 6.07) is 13.4. The van der Waals surface area contributed by atoms with Crippen LogP contribution in [-0.4, -0.2) is 40.3 Å². The fourth-order valence-corrected chi connectivity index (χ4v) is 6.85. The lowest BCUT2D eigenvalue weighted by Gasteiger charge is -2.57. The molecule has 182 valence electrons. The topological polar surface area (TPSA) is 104 Å². The first-order valence-electron chi connectivity index (χ1n) is 12.1. The van der Waals surface area contributed by atoms with Crippen molar-refractivity contribution in [2.75, 3.05) is 7.05 Å². The van der Waals surface area contributed by atoms with Gasteiger partial charge in [-0.2, -0.15) is 0 Å². The van der Waals surface area contributed by atoms with E-state index in [9.17, 15) is 19.5 Å². The van der Waals surface area contributed by atoms with Gasteiger partial charge in [-0.3, -0.25) is 0 Å². The minimum absolute atomic E-state index is 0.0632. The van der Waals surface area contributed by atoms with E-state index in [1.165, 1.54) is 26.3 Å². The molecule has 0 spiro atoms. The summed E-state index contributed by atoms with van der Waals surface area (Å²) in [6.45, 7) is 0. The first kappa shape index (κ1) is 23.1. The molecule has 2 aromatic rings. The van der Waals surface area contributed by atoms with Gasteiger partial charge in [-0.15, -0.1) is 0 Å². The molecule has 0 aliphatic heterocycles. The standard InChI is InChI=1S/C28H29NO6/c1-29(26(32)33)27(34)35-24-8-7-22(21-5-2-17(3-6-21)4-9-25(30)31)13-23(24)28-14-18-10-19(15-28)12-20(11-18)16-28/h2-9,13,18-20H,10-12,14-16H2,1H3,(H,30,31)(H,32,33). The van der Waals surface area contributed by atoms with Crippen LogP contribution in [0.3, 0.4) is 0 Å². The van der Waals surface area contributed by atoms with Crippen molar-refractivity contribution in [3.8, 4) is 16.9 Å². The van der Waals surface area contributed by atoms with Crippen molar-refractivity contribution in [2.24, 2.45) is 17.8 Å². The number of amides is 2. The monoisotopic (exact) mass is 475 g/mol. The number of carboxylic acids is 1. The molecule has 7 heteroatoms. The predicted octanol–water partition coefficient (Wildman–Crippen LogP) is 6.03. The smallest absolute Gasteiger partial charge is 0.424 e. The Morgan fingerprint density at radius 1 is 0.914 bits per heavy atom. The first-order chi connectivity index (χ1) is 16.7. The number of benzene rings is 2. The number of imide groups is 1. The molecule has 0 aromatic heterocycles. The van der Waals surface area contributed by atoms with Crippen LogP contribution in [0.2, 0.25) is 0 Å². The van der Waals surface area contributed by atoms with Crippen molar-refractivity contribution in [1.29, 1.82) is 0 Å². The summed E-state index contributed by atoms with van der Waals surface area (Å²) >= 11 is 0. The van der Waals surface area contributed by atoms with Gasteiger partial charge in [-0.25, -0.2) is 19.3 Å². The van der Waals surface area contributed by atoms with Crippen molar-refractivity contribution < 1.29 is 29.3 Å². The molecule has 4 saturated carbocycles. The number of hydrogen-bond acceptors (Lipinski definition) is 4. The van der Waals surface area contributed by atoms with Gasteiger partial charge < -0.3 is 14.9 Å². The fourth-order valence-electron chi connectivity index (χ4n) is 6.85. The fraction of sp³-hybridized carbons (Fsp3) is 0.393. The minimum atomic E-state index is -1.36. The van der Waals surface area contributed by atoms with Crippen LogP contribution in [-0.2, 0) is 10.2 Å². The van der Waals surface area contributed by atoms with Crippen LogP contribution < -0.4 is 4.74 Å². The van der Waals surface area contributed by atoms with Crippen molar-refractivity contribution in [3.05, 3.63) is 59.7 Å². The summed E-state index contributed by atoms with van der Waals surface area (Å²) in [6.07, 6.45) is 7.43. The molecule has 4 aliphatic carbocycles. The third-order valence-electron chi connectivity index (χ3n) is 8.01. The lowest BCUT2D eigenvalue weighted by atomic mass is 9.48. The quantitative estimate of drug-likeness (QED) is 0.512. The van der Waals surface area contributed by atoms with Gasteiger partial charge in [0.05, 0.1) is 0 Å². The number of aliphatic carboxylic acids is 1. The van der Waals surface area contributed by atoms with E-state index in [1.807, 2.05) is 30.3 Å². The third kappa shape index (κ3) is 4.55.